The van der Waals surface area contributed by atoms with Crippen LogP contribution in [0, 0.1) is 0 Å². The summed E-state index contributed by atoms with van der Waals surface area (Å²) in [5, 5.41) is 3.20. The van der Waals surface area contributed by atoms with E-state index in [9.17, 15) is 9.59 Å². The van der Waals surface area contributed by atoms with Crippen molar-refractivity contribution in [3.05, 3.63) is 30.1 Å². The van der Waals surface area contributed by atoms with Gasteiger partial charge in [-0.1, -0.05) is 6.07 Å². The third-order valence-corrected chi connectivity index (χ3v) is 5.12. The van der Waals surface area contributed by atoms with E-state index in [1.54, 1.807) is 17.3 Å². The smallest absolute Gasteiger partial charge is 0.409 e. The van der Waals surface area contributed by atoms with Crippen LogP contribution < -0.4 is 5.32 Å². The molecule has 26 heavy (non-hydrogen) atoms. The number of carbonyl (C=O) groups excluding carboxylic acids is 2. The fourth-order valence-corrected chi connectivity index (χ4v) is 3.77. The molecule has 1 aromatic heterocycles. The highest BCUT2D eigenvalue weighted by Crippen LogP contribution is 2.25. The summed E-state index contributed by atoms with van der Waals surface area (Å²) in [6.07, 6.45) is 7.01. The minimum absolute atomic E-state index is 0.0366. The summed E-state index contributed by atoms with van der Waals surface area (Å²) >= 11 is 0. The molecule has 7 nitrogen and oxygen atoms in total. The van der Waals surface area contributed by atoms with Crippen molar-refractivity contribution in [3.63, 3.8) is 0 Å². The number of aromatic nitrogens is 1. The number of nitrogens with zero attached hydrogens (tertiary/aromatic N) is 3. The molecule has 142 valence electrons. The standard InChI is InChI=1S/C19H28N4O3/c1-2-26-19(25)23-12-7-16(8-13-23)21-18(24)17(22-10-3-4-11-22)15-6-5-9-20-14-15/h5-6,9,14,16-17H,2-4,7-8,10-13H2,1H3,(H,21,24). The highest BCUT2D eigenvalue weighted by Gasteiger charge is 2.32. The van der Waals surface area contributed by atoms with Crippen LogP contribution in [0.2, 0.25) is 0 Å². The van der Waals surface area contributed by atoms with Gasteiger partial charge in [0.25, 0.3) is 0 Å². The van der Waals surface area contributed by atoms with Crippen LogP contribution in [-0.4, -0.2) is 65.6 Å². The molecule has 0 aromatic carbocycles. The Balaban J connectivity index is 1.59. The molecular weight excluding hydrogens is 332 g/mol. The molecule has 0 aliphatic carbocycles. The molecule has 1 atom stereocenters. The predicted molar refractivity (Wildman–Crippen MR) is 97.5 cm³/mol. The van der Waals surface area contributed by atoms with Crippen LogP contribution >= 0.6 is 0 Å². The molecule has 0 saturated carbocycles. The maximum atomic E-state index is 13.0. The van der Waals surface area contributed by atoms with Gasteiger partial charge in [0.1, 0.15) is 6.04 Å². The van der Waals surface area contributed by atoms with Crippen LogP contribution in [0.15, 0.2) is 24.5 Å². The van der Waals surface area contributed by atoms with Crippen LogP contribution in [0.4, 0.5) is 4.79 Å². The van der Waals surface area contributed by atoms with Crippen molar-refractivity contribution in [1.82, 2.24) is 20.1 Å². The van der Waals surface area contributed by atoms with Gasteiger partial charge >= 0.3 is 6.09 Å². The van der Waals surface area contributed by atoms with Crippen LogP contribution in [0.5, 0.6) is 0 Å². The molecule has 3 rings (SSSR count). The summed E-state index contributed by atoms with van der Waals surface area (Å²) < 4.78 is 5.05. The van der Waals surface area contributed by atoms with E-state index in [1.807, 2.05) is 19.1 Å². The van der Waals surface area contributed by atoms with Crippen LogP contribution in [-0.2, 0) is 9.53 Å². The van der Waals surface area contributed by atoms with Gasteiger partial charge in [-0.05, 0) is 57.3 Å². The van der Waals surface area contributed by atoms with Crippen molar-refractivity contribution >= 4 is 12.0 Å². The Morgan fingerprint density at radius 2 is 2.00 bits per heavy atom. The topological polar surface area (TPSA) is 74.8 Å². The van der Waals surface area contributed by atoms with Gasteiger partial charge < -0.3 is 15.0 Å². The van der Waals surface area contributed by atoms with Gasteiger partial charge in [-0.25, -0.2) is 4.79 Å². The second-order valence-corrected chi connectivity index (χ2v) is 6.90. The van der Waals surface area contributed by atoms with E-state index in [2.05, 4.69) is 15.2 Å². The fraction of sp³-hybridized carbons (Fsp3) is 0.632. The van der Waals surface area contributed by atoms with Crippen LogP contribution in [0.3, 0.4) is 0 Å². The van der Waals surface area contributed by atoms with Gasteiger partial charge in [0.2, 0.25) is 5.91 Å². The van der Waals surface area contributed by atoms with Gasteiger partial charge in [-0.15, -0.1) is 0 Å². The monoisotopic (exact) mass is 360 g/mol. The molecule has 0 radical (unpaired) electrons. The average Bonchev–Trinajstić information content (AvgIpc) is 3.18. The zero-order valence-electron chi connectivity index (χ0n) is 15.4. The lowest BCUT2D eigenvalue weighted by Crippen LogP contribution is -2.49. The van der Waals surface area contributed by atoms with Gasteiger partial charge in [0, 0.05) is 31.5 Å². The number of rotatable bonds is 5. The molecule has 1 N–H and O–H groups in total. The molecule has 2 aliphatic rings. The summed E-state index contributed by atoms with van der Waals surface area (Å²) in [4.78, 5) is 33.0. The summed E-state index contributed by atoms with van der Waals surface area (Å²) in [7, 11) is 0. The zero-order valence-corrected chi connectivity index (χ0v) is 15.4. The third kappa shape index (κ3) is 4.52. The Kier molecular flexibility index (Phi) is 6.44. The van der Waals surface area contributed by atoms with E-state index in [1.165, 1.54) is 0 Å². The summed E-state index contributed by atoms with van der Waals surface area (Å²) in [6.45, 7) is 5.30. The predicted octanol–water partition coefficient (Wildman–Crippen LogP) is 1.96. The third-order valence-electron chi connectivity index (χ3n) is 5.12. The Bertz CT molecular complexity index is 596. The van der Waals surface area contributed by atoms with Crippen molar-refractivity contribution in [2.45, 2.75) is 44.7 Å². The molecule has 0 bridgehead atoms. The van der Waals surface area contributed by atoms with E-state index >= 15 is 0 Å². The average molecular weight is 360 g/mol. The first-order chi connectivity index (χ1) is 12.7. The highest BCUT2D eigenvalue weighted by molar-refractivity contribution is 5.83. The quantitative estimate of drug-likeness (QED) is 0.869. The number of nitrogens with one attached hydrogen (secondary N) is 1. The summed E-state index contributed by atoms with van der Waals surface area (Å²) in [5.74, 6) is 0.0366. The van der Waals surface area contributed by atoms with Gasteiger partial charge in [-0.3, -0.25) is 14.7 Å². The molecule has 2 amide bonds. The molecule has 3 heterocycles. The van der Waals surface area contributed by atoms with E-state index < -0.39 is 0 Å². The zero-order chi connectivity index (χ0) is 18.4. The van der Waals surface area contributed by atoms with Gasteiger partial charge in [0.05, 0.1) is 6.61 Å². The van der Waals surface area contributed by atoms with E-state index in [-0.39, 0.29) is 24.1 Å². The first-order valence-electron chi connectivity index (χ1n) is 9.55. The number of hydrogen-bond donors (Lipinski definition) is 1. The Morgan fingerprint density at radius 3 is 2.62 bits per heavy atom. The number of carbonyl (C=O) groups is 2. The molecule has 2 aliphatic heterocycles. The minimum Gasteiger partial charge on any atom is -0.450 e. The largest absolute Gasteiger partial charge is 0.450 e. The lowest BCUT2D eigenvalue weighted by molar-refractivity contribution is -0.127. The molecule has 2 saturated heterocycles. The second-order valence-electron chi connectivity index (χ2n) is 6.90. The molecule has 1 aromatic rings. The Hall–Kier alpha value is -2.15. The molecule has 0 spiro atoms. The van der Waals surface area contributed by atoms with Crippen molar-refractivity contribution < 1.29 is 14.3 Å². The number of piperidine rings is 1. The highest BCUT2D eigenvalue weighted by atomic mass is 16.6. The van der Waals surface area contributed by atoms with Crippen LogP contribution in [0.1, 0.15) is 44.2 Å². The lowest BCUT2D eigenvalue weighted by Gasteiger charge is -2.33. The first-order valence-corrected chi connectivity index (χ1v) is 9.55. The SMILES string of the molecule is CCOC(=O)N1CCC(NC(=O)C(c2cccnc2)N2CCCC2)CC1. The number of likely N-dealkylation sites (tertiary alicyclic amines) is 2. The Morgan fingerprint density at radius 1 is 1.27 bits per heavy atom. The number of ether oxygens (including phenoxy) is 1. The maximum Gasteiger partial charge on any atom is 0.409 e. The molecule has 1 unspecified atom stereocenters. The van der Waals surface area contributed by atoms with Crippen molar-refractivity contribution in [2.75, 3.05) is 32.8 Å². The van der Waals surface area contributed by atoms with Crippen LogP contribution in [0.25, 0.3) is 0 Å². The summed E-state index contributed by atoms with van der Waals surface area (Å²) in [5.41, 5.74) is 0.941. The van der Waals surface area contributed by atoms with E-state index in [4.69, 9.17) is 4.74 Å². The number of hydrogen-bond acceptors (Lipinski definition) is 5. The second kappa shape index (κ2) is 8.98. The van der Waals surface area contributed by atoms with Crippen molar-refractivity contribution in [1.29, 1.82) is 0 Å². The molecule has 7 heteroatoms. The first kappa shape index (κ1) is 18.6. The molecular formula is C19H28N4O3. The number of pyridine rings is 1. The van der Waals surface area contributed by atoms with E-state index in [0.29, 0.717) is 19.7 Å². The van der Waals surface area contributed by atoms with Gasteiger partial charge in [0.15, 0.2) is 0 Å². The van der Waals surface area contributed by atoms with E-state index in [0.717, 1.165) is 44.3 Å². The van der Waals surface area contributed by atoms with Crippen molar-refractivity contribution in [2.24, 2.45) is 0 Å². The van der Waals surface area contributed by atoms with Crippen molar-refractivity contribution in [3.8, 4) is 0 Å². The fourth-order valence-electron chi connectivity index (χ4n) is 3.77. The lowest BCUT2D eigenvalue weighted by atomic mass is 10.0. The maximum absolute atomic E-state index is 13.0. The van der Waals surface area contributed by atoms with Gasteiger partial charge in [-0.2, -0.15) is 0 Å². The number of amides is 2. The minimum atomic E-state index is -0.283. The Labute approximate surface area is 154 Å². The normalized spacial score (nSPS) is 20.0. The summed E-state index contributed by atoms with van der Waals surface area (Å²) in [6, 6.07) is 3.66. The molecule has 2 fully saturated rings.